The predicted molar refractivity (Wildman–Crippen MR) is 95.8 cm³/mol. The van der Waals surface area contributed by atoms with Crippen LogP contribution >= 0.6 is 0 Å². The van der Waals surface area contributed by atoms with Crippen molar-refractivity contribution in [2.24, 2.45) is 0 Å². The van der Waals surface area contributed by atoms with Gasteiger partial charge in [0.15, 0.2) is 5.65 Å². The molecular formula is C19H20N4O2. The first-order valence-electron chi connectivity index (χ1n) is 8.43. The third kappa shape index (κ3) is 2.78. The zero-order chi connectivity index (χ0) is 17.4. The first kappa shape index (κ1) is 15.8. The summed E-state index contributed by atoms with van der Waals surface area (Å²) in [5.41, 5.74) is 2.50. The molecule has 1 fully saturated rings. The Labute approximate surface area is 145 Å². The molecule has 0 bridgehead atoms. The number of aryl methyl sites for hydroxylation is 1. The average molecular weight is 336 g/mol. The first-order valence-corrected chi connectivity index (χ1v) is 8.43. The number of aromatic nitrogens is 3. The molecule has 0 radical (unpaired) electrons. The van der Waals surface area contributed by atoms with E-state index >= 15 is 0 Å². The van der Waals surface area contributed by atoms with E-state index in [4.69, 9.17) is 4.74 Å². The number of para-hydroxylation sites is 1. The molecule has 1 unspecified atom stereocenters. The van der Waals surface area contributed by atoms with Crippen molar-refractivity contribution >= 4 is 22.6 Å². The van der Waals surface area contributed by atoms with Crippen molar-refractivity contribution in [3.05, 3.63) is 48.3 Å². The molecule has 6 nitrogen and oxygen atoms in total. The van der Waals surface area contributed by atoms with Gasteiger partial charge in [0.25, 0.3) is 5.91 Å². The second-order valence-electron chi connectivity index (χ2n) is 6.56. The number of benzene rings is 1. The van der Waals surface area contributed by atoms with Crippen LogP contribution in [0.3, 0.4) is 0 Å². The number of nitrogens with one attached hydrogen (secondary N) is 1. The highest BCUT2D eigenvalue weighted by molar-refractivity contribution is 5.98. The zero-order valence-electron chi connectivity index (χ0n) is 14.3. The summed E-state index contributed by atoms with van der Waals surface area (Å²) < 4.78 is 7.42. The van der Waals surface area contributed by atoms with Crippen LogP contribution in [0.1, 0.15) is 25.5 Å². The molecular weight excluding hydrogens is 316 g/mol. The summed E-state index contributed by atoms with van der Waals surface area (Å²) in [7, 11) is 0. The van der Waals surface area contributed by atoms with Gasteiger partial charge >= 0.3 is 0 Å². The van der Waals surface area contributed by atoms with Crippen molar-refractivity contribution in [2.45, 2.75) is 32.3 Å². The number of nitrogens with zero attached hydrogens (tertiary/aromatic N) is 3. The minimum absolute atomic E-state index is 0.126. The van der Waals surface area contributed by atoms with E-state index in [-0.39, 0.29) is 5.91 Å². The number of ether oxygens (including phenoxy) is 1. The summed E-state index contributed by atoms with van der Waals surface area (Å²) in [6.45, 7) is 4.40. The third-order valence-electron chi connectivity index (χ3n) is 4.66. The molecule has 0 spiro atoms. The fraction of sp³-hybridized carbons (Fsp3) is 0.316. The van der Waals surface area contributed by atoms with Crippen LogP contribution < -0.4 is 5.32 Å². The van der Waals surface area contributed by atoms with Gasteiger partial charge in [-0.2, -0.15) is 5.10 Å². The van der Waals surface area contributed by atoms with Gasteiger partial charge in [0.05, 0.1) is 23.3 Å². The van der Waals surface area contributed by atoms with E-state index in [0.29, 0.717) is 12.3 Å². The van der Waals surface area contributed by atoms with Gasteiger partial charge in [-0.1, -0.05) is 18.2 Å². The van der Waals surface area contributed by atoms with E-state index in [0.717, 1.165) is 35.3 Å². The van der Waals surface area contributed by atoms with Crippen LogP contribution in [0.4, 0.5) is 5.69 Å². The van der Waals surface area contributed by atoms with Crippen LogP contribution in [0.15, 0.2) is 42.6 Å². The van der Waals surface area contributed by atoms with E-state index in [2.05, 4.69) is 15.4 Å². The Morgan fingerprint density at radius 2 is 2.12 bits per heavy atom. The summed E-state index contributed by atoms with van der Waals surface area (Å²) in [6, 6.07) is 11.8. The van der Waals surface area contributed by atoms with Crippen LogP contribution in [0.5, 0.6) is 0 Å². The van der Waals surface area contributed by atoms with Crippen molar-refractivity contribution < 1.29 is 9.53 Å². The molecule has 2 aromatic heterocycles. The monoisotopic (exact) mass is 336 g/mol. The minimum atomic E-state index is -0.752. The normalized spacial score (nSPS) is 20.1. The van der Waals surface area contributed by atoms with Crippen LogP contribution in [0.25, 0.3) is 16.7 Å². The molecule has 6 heteroatoms. The fourth-order valence-corrected chi connectivity index (χ4v) is 3.18. The number of pyridine rings is 1. The number of fused-ring (bicyclic) bond motifs is 1. The second-order valence-corrected chi connectivity index (χ2v) is 6.56. The van der Waals surface area contributed by atoms with Crippen molar-refractivity contribution in [3.63, 3.8) is 0 Å². The zero-order valence-corrected chi connectivity index (χ0v) is 14.3. The SMILES string of the molecule is Cc1nn(-c2ccccc2)c2ncc(NC(=O)C3(C)CCCO3)cc12. The van der Waals surface area contributed by atoms with E-state index < -0.39 is 5.60 Å². The summed E-state index contributed by atoms with van der Waals surface area (Å²) in [4.78, 5) is 17.0. The number of amides is 1. The lowest BCUT2D eigenvalue weighted by atomic mass is 10.0. The minimum Gasteiger partial charge on any atom is -0.365 e. The van der Waals surface area contributed by atoms with E-state index in [1.54, 1.807) is 6.20 Å². The van der Waals surface area contributed by atoms with Gasteiger partial charge in [-0.15, -0.1) is 0 Å². The maximum Gasteiger partial charge on any atom is 0.256 e. The highest BCUT2D eigenvalue weighted by Crippen LogP contribution is 2.28. The molecule has 1 atom stereocenters. The number of rotatable bonds is 3. The summed E-state index contributed by atoms with van der Waals surface area (Å²) in [5.74, 6) is -0.126. The number of carbonyl (C=O) groups excluding carboxylic acids is 1. The number of hydrogen-bond acceptors (Lipinski definition) is 4. The fourth-order valence-electron chi connectivity index (χ4n) is 3.18. The molecule has 4 rings (SSSR count). The largest absolute Gasteiger partial charge is 0.365 e. The molecule has 1 amide bonds. The Hall–Kier alpha value is -2.73. The number of hydrogen-bond donors (Lipinski definition) is 1. The van der Waals surface area contributed by atoms with Crippen LogP contribution in [-0.2, 0) is 9.53 Å². The van der Waals surface area contributed by atoms with Gasteiger partial charge in [-0.3, -0.25) is 4.79 Å². The maximum absolute atomic E-state index is 12.5. The van der Waals surface area contributed by atoms with Gasteiger partial charge < -0.3 is 10.1 Å². The van der Waals surface area contributed by atoms with Gasteiger partial charge in [-0.05, 0) is 44.9 Å². The summed E-state index contributed by atoms with van der Waals surface area (Å²) >= 11 is 0. The van der Waals surface area contributed by atoms with E-state index in [1.807, 2.05) is 54.9 Å². The standard InChI is InChI=1S/C19H20N4O2/c1-13-16-11-14(21-18(24)19(2)9-6-10-25-19)12-20-17(16)23(22-13)15-7-4-3-5-8-15/h3-5,7-8,11-12H,6,9-10H2,1-2H3,(H,21,24). The van der Waals surface area contributed by atoms with E-state index in [9.17, 15) is 4.79 Å². The van der Waals surface area contributed by atoms with Crippen molar-refractivity contribution in [2.75, 3.05) is 11.9 Å². The maximum atomic E-state index is 12.5. The van der Waals surface area contributed by atoms with Crippen molar-refractivity contribution in [1.82, 2.24) is 14.8 Å². The number of anilines is 1. The second kappa shape index (κ2) is 5.97. The van der Waals surface area contributed by atoms with E-state index in [1.165, 1.54) is 0 Å². The highest BCUT2D eigenvalue weighted by Gasteiger charge is 2.37. The Morgan fingerprint density at radius 3 is 2.84 bits per heavy atom. The highest BCUT2D eigenvalue weighted by atomic mass is 16.5. The van der Waals surface area contributed by atoms with Crippen LogP contribution in [0, 0.1) is 6.92 Å². The Balaban J connectivity index is 1.67. The molecule has 3 aromatic rings. The first-order chi connectivity index (χ1) is 12.1. The molecule has 1 saturated heterocycles. The Morgan fingerprint density at radius 1 is 1.32 bits per heavy atom. The average Bonchev–Trinajstić information content (AvgIpc) is 3.21. The van der Waals surface area contributed by atoms with Crippen molar-refractivity contribution in [1.29, 1.82) is 0 Å². The molecule has 1 aliphatic heterocycles. The molecule has 1 aliphatic rings. The van der Waals surface area contributed by atoms with Crippen LogP contribution in [-0.4, -0.2) is 32.9 Å². The topological polar surface area (TPSA) is 69.0 Å². The quantitative estimate of drug-likeness (QED) is 0.797. The molecule has 128 valence electrons. The summed E-state index contributed by atoms with van der Waals surface area (Å²) in [5, 5.41) is 8.43. The molecule has 0 aliphatic carbocycles. The summed E-state index contributed by atoms with van der Waals surface area (Å²) in [6.07, 6.45) is 3.31. The number of carbonyl (C=O) groups is 1. The van der Waals surface area contributed by atoms with Gasteiger partial charge in [0, 0.05) is 12.0 Å². The third-order valence-corrected chi connectivity index (χ3v) is 4.66. The molecule has 0 saturated carbocycles. The molecule has 3 heterocycles. The molecule has 1 aromatic carbocycles. The predicted octanol–water partition coefficient (Wildman–Crippen LogP) is 3.24. The smallest absolute Gasteiger partial charge is 0.256 e. The molecule has 25 heavy (non-hydrogen) atoms. The Kier molecular flexibility index (Phi) is 3.77. The van der Waals surface area contributed by atoms with Gasteiger partial charge in [-0.25, -0.2) is 9.67 Å². The Bertz CT molecular complexity index is 927. The van der Waals surface area contributed by atoms with Gasteiger partial charge in [0.2, 0.25) is 0 Å². The lowest BCUT2D eigenvalue weighted by Crippen LogP contribution is -2.39. The van der Waals surface area contributed by atoms with Crippen molar-refractivity contribution in [3.8, 4) is 5.69 Å². The lowest BCUT2D eigenvalue weighted by molar-refractivity contribution is -0.133. The molecule has 1 N–H and O–H groups in total. The lowest BCUT2D eigenvalue weighted by Gasteiger charge is -2.21. The van der Waals surface area contributed by atoms with Crippen LogP contribution in [0.2, 0.25) is 0 Å². The van der Waals surface area contributed by atoms with Gasteiger partial charge in [0.1, 0.15) is 5.60 Å².